The first kappa shape index (κ1) is 20.3. The zero-order chi connectivity index (χ0) is 20.5. The molecule has 0 aliphatic rings. The van der Waals surface area contributed by atoms with Gasteiger partial charge in [0.2, 0.25) is 0 Å². The Hall–Kier alpha value is -2.42. The largest absolute Gasteiger partial charge is 0.416 e. The van der Waals surface area contributed by atoms with Gasteiger partial charge in [0.05, 0.1) is 11.1 Å². The summed E-state index contributed by atoms with van der Waals surface area (Å²) >= 11 is 3.41. The highest BCUT2D eigenvalue weighted by Gasteiger charge is 2.31. The number of aromatic nitrogens is 4. The van der Waals surface area contributed by atoms with E-state index in [1.54, 1.807) is 4.68 Å². The molecule has 1 N–H and O–H groups in total. The Balaban J connectivity index is 2.00. The van der Waals surface area contributed by atoms with Gasteiger partial charge in [-0.1, -0.05) is 28.1 Å². The summed E-state index contributed by atoms with van der Waals surface area (Å²) in [5, 5.41) is 15.3. The van der Waals surface area contributed by atoms with Crippen LogP contribution in [0.1, 0.15) is 43.8 Å². The molecule has 0 saturated carbocycles. The number of nitrogens with zero attached hydrogens (tertiary/aromatic N) is 4. The van der Waals surface area contributed by atoms with Crippen molar-refractivity contribution in [3.8, 4) is 0 Å². The van der Waals surface area contributed by atoms with Crippen LogP contribution in [0.3, 0.4) is 0 Å². The molecule has 1 aromatic heterocycles. The van der Waals surface area contributed by atoms with E-state index in [4.69, 9.17) is 0 Å². The number of rotatable bonds is 4. The van der Waals surface area contributed by atoms with Gasteiger partial charge in [-0.25, -0.2) is 4.68 Å². The third-order valence-electron chi connectivity index (χ3n) is 4.11. The highest BCUT2D eigenvalue weighted by atomic mass is 79.9. The lowest BCUT2D eigenvalue weighted by Crippen LogP contribution is -2.29. The molecule has 5 nitrogen and oxygen atoms in total. The fraction of sp³-hybridized carbons (Fsp3) is 0.316. The Morgan fingerprint density at radius 2 is 1.57 bits per heavy atom. The number of halogens is 4. The van der Waals surface area contributed by atoms with Crippen molar-refractivity contribution in [2.24, 2.45) is 0 Å². The minimum atomic E-state index is -4.38. The van der Waals surface area contributed by atoms with Gasteiger partial charge in [-0.3, -0.25) is 0 Å². The summed E-state index contributed by atoms with van der Waals surface area (Å²) < 4.78 is 41.1. The normalized spacial score (nSPS) is 13.4. The van der Waals surface area contributed by atoms with Crippen LogP contribution in [0, 0.1) is 0 Å². The smallest absolute Gasteiger partial charge is 0.371 e. The van der Waals surface area contributed by atoms with Crippen LogP contribution >= 0.6 is 15.9 Å². The van der Waals surface area contributed by atoms with Gasteiger partial charge in [-0.05, 0) is 73.2 Å². The van der Waals surface area contributed by atoms with Gasteiger partial charge in [0.1, 0.15) is 6.04 Å². The van der Waals surface area contributed by atoms with Crippen LogP contribution in [0.4, 0.5) is 18.9 Å². The van der Waals surface area contributed by atoms with E-state index in [1.165, 1.54) is 12.1 Å². The first-order chi connectivity index (χ1) is 13.1. The zero-order valence-electron chi connectivity index (χ0n) is 15.5. The van der Waals surface area contributed by atoms with Gasteiger partial charge < -0.3 is 5.32 Å². The molecule has 0 spiro atoms. The Kier molecular flexibility index (Phi) is 5.47. The lowest BCUT2D eigenvalue weighted by atomic mass is 10.0. The van der Waals surface area contributed by atoms with Crippen molar-refractivity contribution in [3.05, 3.63) is 70.0 Å². The maximum atomic E-state index is 12.8. The molecule has 0 aliphatic heterocycles. The van der Waals surface area contributed by atoms with Crippen molar-refractivity contribution in [1.29, 1.82) is 0 Å². The lowest BCUT2D eigenvalue weighted by Gasteiger charge is -2.25. The van der Waals surface area contributed by atoms with Crippen LogP contribution in [0.5, 0.6) is 0 Å². The number of nitrogens with one attached hydrogen (secondary N) is 1. The third kappa shape index (κ3) is 4.52. The molecule has 0 bridgehead atoms. The maximum absolute atomic E-state index is 12.8. The van der Waals surface area contributed by atoms with Crippen molar-refractivity contribution in [2.75, 3.05) is 5.32 Å². The molecule has 3 rings (SSSR count). The van der Waals surface area contributed by atoms with Crippen LogP contribution < -0.4 is 5.32 Å². The van der Waals surface area contributed by atoms with Gasteiger partial charge in [-0.2, -0.15) is 13.2 Å². The molecule has 148 valence electrons. The van der Waals surface area contributed by atoms with Gasteiger partial charge in [0, 0.05) is 10.2 Å². The van der Waals surface area contributed by atoms with Crippen molar-refractivity contribution in [2.45, 2.75) is 38.5 Å². The molecule has 9 heteroatoms. The van der Waals surface area contributed by atoms with Crippen molar-refractivity contribution < 1.29 is 13.2 Å². The van der Waals surface area contributed by atoms with Crippen LogP contribution in [-0.4, -0.2) is 20.2 Å². The minimum absolute atomic E-state index is 0.367. The van der Waals surface area contributed by atoms with E-state index in [1.807, 2.05) is 45.0 Å². The number of tetrazole rings is 1. The Morgan fingerprint density at radius 1 is 0.964 bits per heavy atom. The molecular weight excluding hydrogens is 435 g/mol. The molecule has 1 atom stereocenters. The highest BCUT2D eigenvalue weighted by Crippen LogP contribution is 2.32. The monoisotopic (exact) mass is 453 g/mol. The molecule has 1 heterocycles. The lowest BCUT2D eigenvalue weighted by molar-refractivity contribution is -0.137. The van der Waals surface area contributed by atoms with E-state index in [9.17, 15) is 13.2 Å². The zero-order valence-corrected chi connectivity index (χ0v) is 17.1. The van der Waals surface area contributed by atoms with Crippen molar-refractivity contribution in [1.82, 2.24) is 20.2 Å². The van der Waals surface area contributed by atoms with Gasteiger partial charge in [-0.15, -0.1) is 5.10 Å². The fourth-order valence-corrected chi connectivity index (χ4v) is 2.99. The summed E-state index contributed by atoms with van der Waals surface area (Å²) in [4.78, 5) is 0. The Bertz CT molecular complexity index is 928. The van der Waals surface area contributed by atoms with E-state index >= 15 is 0 Å². The van der Waals surface area contributed by atoms with E-state index in [-0.39, 0.29) is 5.54 Å². The first-order valence-corrected chi connectivity index (χ1v) is 9.33. The number of hydrogen-bond donors (Lipinski definition) is 1. The first-order valence-electron chi connectivity index (χ1n) is 8.54. The summed E-state index contributed by atoms with van der Waals surface area (Å²) in [5.41, 5.74) is 0.347. The van der Waals surface area contributed by atoms with E-state index in [2.05, 4.69) is 36.8 Å². The van der Waals surface area contributed by atoms with Crippen LogP contribution in [0.15, 0.2) is 53.0 Å². The molecular formula is C19H19BrF3N5. The summed E-state index contributed by atoms with van der Waals surface area (Å²) in [6.07, 6.45) is -4.38. The SMILES string of the molecule is CC(C)(C)n1nnnc1[C@H](Nc1ccc(C(F)(F)F)cc1)c1ccc(Br)cc1. The molecule has 28 heavy (non-hydrogen) atoms. The van der Waals surface area contributed by atoms with Gasteiger partial charge in [0.25, 0.3) is 0 Å². The summed E-state index contributed by atoms with van der Waals surface area (Å²) in [6, 6.07) is 12.1. The molecule has 0 fully saturated rings. The van der Waals surface area contributed by atoms with Crippen molar-refractivity contribution >= 4 is 21.6 Å². The number of anilines is 1. The standard InChI is InChI=1S/C19H19BrF3N5/c1-18(2,3)28-17(25-26-27-28)16(12-4-8-14(20)9-5-12)24-15-10-6-13(7-11-15)19(21,22)23/h4-11,16,24H,1-3H3/t16-/m1/s1. The Labute approximate surface area is 169 Å². The van der Waals surface area contributed by atoms with Crippen LogP contribution in [0.25, 0.3) is 0 Å². The summed E-state index contributed by atoms with van der Waals surface area (Å²) in [7, 11) is 0. The molecule has 0 unspecified atom stereocenters. The molecule has 0 radical (unpaired) electrons. The molecule has 0 amide bonds. The van der Waals surface area contributed by atoms with Gasteiger partial charge in [0.15, 0.2) is 5.82 Å². The average Bonchev–Trinajstić information content (AvgIpc) is 3.10. The highest BCUT2D eigenvalue weighted by molar-refractivity contribution is 9.10. The molecule has 2 aromatic carbocycles. The average molecular weight is 454 g/mol. The quantitative estimate of drug-likeness (QED) is 0.573. The number of alkyl halides is 3. The van der Waals surface area contributed by atoms with Crippen LogP contribution in [0.2, 0.25) is 0 Å². The summed E-state index contributed by atoms with van der Waals surface area (Å²) in [5.74, 6) is 0.565. The Morgan fingerprint density at radius 3 is 2.11 bits per heavy atom. The molecule has 0 aliphatic carbocycles. The predicted molar refractivity (Wildman–Crippen MR) is 104 cm³/mol. The third-order valence-corrected chi connectivity index (χ3v) is 4.64. The maximum Gasteiger partial charge on any atom is 0.416 e. The number of benzene rings is 2. The van der Waals surface area contributed by atoms with Gasteiger partial charge >= 0.3 is 6.18 Å². The van der Waals surface area contributed by atoms with Crippen LogP contribution in [-0.2, 0) is 11.7 Å². The minimum Gasteiger partial charge on any atom is -0.371 e. The van der Waals surface area contributed by atoms with Crippen molar-refractivity contribution in [3.63, 3.8) is 0 Å². The van der Waals surface area contributed by atoms with E-state index < -0.39 is 17.8 Å². The van der Waals surface area contributed by atoms with E-state index in [0.29, 0.717) is 11.5 Å². The summed E-state index contributed by atoms with van der Waals surface area (Å²) in [6.45, 7) is 5.93. The second-order valence-corrected chi connectivity index (χ2v) is 8.24. The predicted octanol–water partition coefficient (Wildman–Crippen LogP) is 5.41. The number of hydrogen-bond acceptors (Lipinski definition) is 4. The van der Waals surface area contributed by atoms with E-state index in [0.717, 1.165) is 22.2 Å². The second kappa shape index (κ2) is 7.54. The fourth-order valence-electron chi connectivity index (χ4n) is 2.73. The second-order valence-electron chi connectivity index (χ2n) is 7.32. The topological polar surface area (TPSA) is 55.6 Å². The molecule has 0 saturated heterocycles. The molecule has 3 aromatic rings.